The molecule has 0 atom stereocenters. The summed E-state index contributed by atoms with van der Waals surface area (Å²) in [6.45, 7) is 0.323. The highest BCUT2D eigenvalue weighted by Gasteiger charge is 2.54. The minimum atomic E-state index is -0.230. The normalized spacial score (nSPS) is 30.2. The van der Waals surface area contributed by atoms with Crippen LogP contribution in [0.5, 0.6) is 0 Å². The van der Waals surface area contributed by atoms with E-state index < -0.39 is 0 Å². The van der Waals surface area contributed by atoms with Crippen LogP contribution in [0.1, 0.15) is 54.6 Å². The number of anilines is 1. The van der Waals surface area contributed by atoms with Gasteiger partial charge in [0.2, 0.25) is 5.91 Å². The minimum Gasteiger partial charge on any atom is -0.467 e. The third-order valence-corrected chi connectivity index (χ3v) is 6.94. The summed E-state index contributed by atoms with van der Waals surface area (Å²) >= 11 is 0. The molecule has 2 N–H and O–H groups in total. The highest BCUT2D eigenvalue weighted by Crippen LogP contribution is 2.60. The summed E-state index contributed by atoms with van der Waals surface area (Å²) in [6, 6.07) is 10.9. The third kappa shape index (κ3) is 3.13. The SMILES string of the molecule is O=C(NCc1ccco1)c1ccccc1NC(=O)C12CC3CC(CC(C3)C1)C2. The molecule has 28 heavy (non-hydrogen) atoms. The minimum absolute atomic E-state index is 0.109. The van der Waals surface area contributed by atoms with Crippen molar-refractivity contribution in [3.63, 3.8) is 0 Å². The Morgan fingerprint density at radius 3 is 2.29 bits per heavy atom. The van der Waals surface area contributed by atoms with Crippen molar-refractivity contribution in [2.75, 3.05) is 5.32 Å². The van der Waals surface area contributed by atoms with Gasteiger partial charge in [-0.15, -0.1) is 0 Å². The van der Waals surface area contributed by atoms with Crippen molar-refractivity contribution in [3.05, 3.63) is 54.0 Å². The molecule has 2 amide bonds. The summed E-state index contributed by atoms with van der Waals surface area (Å²) in [5.74, 6) is 2.73. The molecular formula is C23H26N2O3. The van der Waals surface area contributed by atoms with Gasteiger partial charge in [-0.25, -0.2) is 0 Å². The molecule has 1 aromatic heterocycles. The number of carbonyl (C=O) groups is 2. The van der Waals surface area contributed by atoms with Crippen LogP contribution in [0.25, 0.3) is 0 Å². The largest absolute Gasteiger partial charge is 0.467 e. The fourth-order valence-electron chi connectivity index (χ4n) is 6.11. The standard InChI is InChI=1S/C23H26N2O3/c26-21(24-14-18-4-3-7-28-18)19-5-1-2-6-20(19)25-22(27)23-11-15-8-16(12-23)10-17(9-15)13-23/h1-7,15-17H,8-14H2,(H,24,26)(H,25,27). The van der Waals surface area contributed by atoms with Crippen LogP contribution < -0.4 is 10.6 Å². The van der Waals surface area contributed by atoms with Crippen LogP contribution in [0.2, 0.25) is 0 Å². The summed E-state index contributed by atoms with van der Waals surface area (Å²) in [5.41, 5.74) is 0.860. The number of hydrogen-bond acceptors (Lipinski definition) is 3. The predicted octanol–water partition coefficient (Wildman–Crippen LogP) is 4.36. The number of benzene rings is 1. The first-order chi connectivity index (χ1) is 13.6. The van der Waals surface area contributed by atoms with Gasteiger partial charge in [0.25, 0.3) is 5.91 Å². The smallest absolute Gasteiger partial charge is 0.253 e. The van der Waals surface area contributed by atoms with E-state index in [4.69, 9.17) is 4.42 Å². The molecule has 0 spiro atoms. The summed E-state index contributed by atoms with van der Waals surface area (Å²) in [4.78, 5) is 26.0. The second-order valence-electron chi connectivity index (χ2n) is 8.96. The average Bonchev–Trinajstić information content (AvgIpc) is 3.19. The van der Waals surface area contributed by atoms with E-state index >= 15 is 0 Å². The molecule has 146 valence electrons. The maximum absolute atomic E-state index is 13.3. The lowest BCUT2D eigenvalue weighted by atomic mass is 9.49. The lowest BCUT2D eigenvalue weighted by Crippen LogP contribution is -2.51. The maximum atomic E-state index is 13.3. The van der Waals surface area contributed by atoms with Crippen LogP contribution >= 0.6 is 0 Å². The Balaban J connectivity index is 1.32. The van der Waals surface area contributed by atoms with E-state index in [0.29, 0.717) is 41.3 Å². The van der Waals surface area contributed by atoms with Gasteiger partial charge in [-0.2, -0.15) is 0 Å². The van der Waals surface area contributed by atoms with E-state index in [1.807, 2.05) is 24.3 Å². The van der Waals surface area contributed by atoms with Crippen molar-refractivity contribution in [2.45, 2.75) is 45.1 Å². The molecule has 2 aromatic rings. The number of furan rings is 1. The Hall–Kier alpha value is -2.56. The van der Waals surface area contributed by atoms with E-state index in [1.165, 1.54) is 19.3 Å². The highest BCUT2D eigenvalue weighted by atomic mass is 16.3. The monoisotopic (exact) mass is 378 g/mol. The van der Waals surface area contributed by atoms with Crippen molar-refractivity contribution in [2.24, 2.45) is 23.2 Å². The number of hydrogen-bond donors (Lipinski definition) is 2. The quantitative estimate of drug-likeness (QED) is 0.812. The first kappa shape index (κ1) is 17.5. The molecule has 5 heteroatoms. The molecule has 5 nitrogen and oxygen atoms in total. The average molecular weight is 378 g/mol. The van der Waals surface area contributed by atoms with Crippen molar-refractivity contribution in [1.29, 1.82) is 0 Å². The van der Waals surface area contributed by atoms with E-state index in [2.05, 4.69) is 10.6 Å². The first-order valence-corrected chi connectivity index (χ1v) is 10.3. The highest BCUT2D eigenvalue weighted by molar-refractivity contribution is 6.05. The van der Waals surface area contributed by atoms with Crippen LogP contribution in [0.3, 0.4) is 0 Å². The van der Waals surface area contributed by atoms with E-state index in [0.717, 1.165) is 19.3 Å². The maximum Gasteiger partial charge on any atom is 0.253 e. The molecule has 4 fully saturated rings. The van der Waals surface area contributed by atoms with Gasteiger partial charge in [0.15, 0.2) is 0 Å². The predicted molar refractivity (Wildman–Crippen MR) is 106 cm³/mol. The molecule has 6 rings (SSSR count). The van der Waals surface area contributed by atoms with Gasteiger partial charge in [0, 0.05) is 0 Å². The van der Waals surface area contributed by atoms with Gasteiger partial charge in [0.1, 0.15) is 5.76 Å². The topological polar surface area (TPSA) is 71.3 Å². The summed E-state index contributed by atoms with van der Waals surface area (Å²) < 4.78 is 5.27. The number of carbonyl (C=O) groups excluding carboxylic acids is 2. The molecule has 0 unspecified atom stereocenters. The molecular weight excluding hydrogens is 352 g/mol. The Labute approximate surface area is 164 Å². The number of nitrogens with one attached hydrogen (secondary N) is 2. The zero-order chi connectivity index (χ0) is 19.1. The molecule has 0 saturated heterocycles. The van der Waals surface area contributed by atoms with E-state index in [1.54, 1.807) is 18.4 Å². The van der Waals surface area contributed by atoms with Crippen molar-refractivity contribution in [3.8, 4) is 0 Å². The zero-order valence-electron chi connectivity index (χ0n) is 15.9. The fraction of sp³-hybridized carbons (Fsp3) is 0.478. The van der Waals surface area contributed by atoms with Gasteiger partial charge in [-0.1, -0.05) is 12.1 Å². The van der Waals surface area contributed by atoms with Crippen molar-refractivity contribution in [1.82, 2.24) is 5.32 Å². The summed E-state index contributed by atoms with van der Waals surface area (Å²) in [5, 5.41) is 5.98. The zero-order valence-corrected chi connectivity index (χ0v) is 15.9. The van der Waals surface area contributed by atoms with Gasteiger partial charge in [-0.05, 0) is 80.5 Å². The number of para-hydroxylation sites is 1. The second-order valence-corrected chi connectivity index (χ2v) is 8.96. The van der Waals surface area contributed by atoms with E-state index in [-0.39, 0.29) is 17.2 Å². The van der Waals surface area contributed by atoms with Crippen LogP contribution in [0.4, 0.5) is 5.69 Å². The third-order valence-electron chi connectivity index (χ3n) is 6.94. The molecule has 4 bridgehead atoms. The molecule has 1 aromatic carbocycles. The number of amides is 2. The Morgan fingerprint density at radius 1 is 0.964 bits per heavy atom. The molecule has 4 saturated carbocycles. The summed E-state index contributed by atoms with van der Waals surface area (Å²) in [6.07, 6.45) is 8.53. The lowest BCUT2D eigenvalue weighted by Gasteiger charge is -2.55. The Morgan fingerprint density at radius 2 is 1.64 bits per heavy atom. The van der Waals surface area contributed by atoms with Gasteiger partial charge in [0.05, 0.1) is 29.5 Å². The van der Waals surface area contributed by atoms with Crippen molar-refractivity contribution >= 4 is 17.5 Å². The van der Waals surface area contributed by atoms with Gasteiger partial charge in [-0.3, -0.25) is 9.59 Å². The van der Waals surface area contributed by atoms with Crippen LogP contribution in [0.15, 0.2) is 47.1 Å². The van der Waals surface area contributed by atoms with Crippen LogP contribution in [-0.4, -0.2) is 11.8 Å². The lowest BCUT2D eigenvalue weighted by molar-refractivity contribution is -0.140. The van der Waals surface area contributed by atoms with Gasteiger partial charge < -0.3 is 15.1 Å². The Kier molecular flexibility index (Phi) is 4.26. The van der Waals surface area contributed by atoms with E-state index in [9.17, 15) is 9.59 Å². The summed E-state index contributed by atoms with van der Waals surface area (Å²) in [7, 11) is 0. The second kappa shape index (κ2) is 6.80. The molecule has 0 aliphatic heterocycles. The van der Waals surface area contributed by atoms with Crippen LogP contribution in [-0.2, 0) is 11.3 Å². The van der Waals surface area contributed by atoms with Gasteiger partial charge >= 0.3 is 0 Å². The molecule has 1 heterocycles. The molecule has 4 aliphatic carbocycles. The molecule has 4 aliphatic rings. The van der Waals surface area contributed by atoms with Crippen molar-refractivity contribution < 1.29 is 14.0 Å². The Bertz CT molecular complexity index is 852. The van der Waals surface area contributed by atoms with Crippen LogP contribution in [0, 0.1) is 23.2 Å². The first-order valence-electron chi connectivity index (χ1n) is 10.3. The fourth-order valence-corrected chi connectivity index (χ4v) is 6.11. The number of rotatable bonds is 5. The molecule has 0 radical (unpaired) electrons.